The van der Waals surface area contributed by atoms with Crippen molar-refractivity contribution in [1.82, 2.24) is 24.1 Å². The Morgan fingerprint density at radius 1 is 0.443 bits per heavy atom. The van der Waals surface area contributed by atoms with E-state index in [-0.39, 0.29) is 0 Å². The van der Waals surface area contributed by atoms with Crippen molar-refractivity contribution >= 4 is 65.6 Å². The van der Waals surface area contributed by atoms with Crippen LogP contribution in [0, 0.1) is 22.7 Å². The summed E-state index contributed by atoms with van der Waals surface area (Å²) in [5.74, 6) is 1.55. The molecule has 0 unspecified atom stereocenters. The molecule has 0 N–H and O–H groups in total. The zero-order valence-electron chi connectivity index (χ0n) is 32.3. The zero-order valence-corrected chi connectivity index (χ0v) is 32.3. The van der Waals surface area contributed by atoms with Crippen LogP contribution in [0.5, 0.6) is 0 Å². The van der Waals surface area contributed by atoms with Gasteiger partial charge in [-0.25, -0.2) is 15.0 Å². The molecule has 0 fully saturated rings. The average molecular weight is 780 g/mol. The molecule has 282 valence electrons. The number of nitrogens with zero attached hydrogens (tertiary/aromatic N) is 7. The van der Waals surface area contributed by atoms with Crippen molar-refractivity contribution in [1.29, 1.82) is 10.5 Å². The highest BCUT2D eigenvalue weighted by atomic mass is 16.3. The highest BCUT2D eigenvalue weighted by molar-refractivity contribution is 6.39. The van der Waals surface area contributed by atoms with Gasteiger partial charge in [-0.3, -0.25) is 0 Å². The molecule has 4 aromatic heterocycles. The monoisotopic (exact) mass is 779 g/mol. The van der Waals surface area contributed by atoms with Gasteiger partial charge in [0, 0.05) is 43.9 Å². The van der Waals surface area contributed by atoms with E-state index in [9.17, 15) is 10.5 Å². The Balaban J connectivity index is 1.20. The minimum atomic E-state index is 0.450. The molecule has 8 heteroatoms. The van der Waals surface area contributed by atoms with Crippen LogP contribution in [0.25, 0.3) is 111 Å². The number of para-hydroxylation sites is 3. The maximum atomic E-state index is 11.1. The summed E-state index contributed by atoms with van der Waals surface area (Å²) >= 11 is 0. The van der Waals surface area contributed by atoms with Crippen molar-refractivity contribution in [3.8, 4) is 57.7 Å². The number of hydrogen-bond acceptors (Lipinski definition) is 6. The normalized spacial score (nSPS) is 11.6. The average Bonchev–Trinajstić information content (AvgIpc) is 4.00. The predicted octanol–water partition coefficient (Wildman–Crippen LogP) is 12.7. The van der Waals surface area contributed by atoms with Crippen LogP contribution in [0.4, 0.5) is 0 Å². The lowest BCUT2D eigenvalue weighted by Crippen LogP contribution is -2.02. The molecule has 0 spiro atoms. The van der Waals surface area contributed by atoms with E-state index in [0.29, 0.717) is 39.9 Å². The Kier molecular flexibility index (Phi) is 7.49. The van der Waals surface area contributed by atoms with Gasteiger partial charge in [-0.15, -0.1) is 0 Å². The van der Waals surface area contributed by atoms with Crippen molar-refractivity contribution < 1.29 is 4.42 Å². The van der Waals surface area contributed by atoms with Crippen LogP contribution in [0.15, 0.2) is 180 Å². The third-order valence-corrected chi connectivity index (χ3v) is 11.6. The molecule has 8 aromatic carbocycles. The summed E-state index contributed by atoms with van der Waals surface area (Å²) in [6.07, 6.45) is 0. The van der Waals surface area contributed by atoms with E-state index in [2.05, 4.69) is 57.7 Å². The highest BCUT2D eigenvalue weighted by Gasteiger charge is 2.28. The fourth-order valence-electron chi connectivity index (χ4n) is 9.01. The summed E-state index contributed by atoms with van der Waals surface area (Å²) in [6.45, 7) is 0. The predicted molar refractivity (Wildman–Crippen MR) is 242 cm³/mol. The van der Waals surface area contributed by atoms with E-state index in [1.54, 1.807) is 0 Å². The molecule has 4 heterocycles. The number of hydrogen-bond donors (Lipinski definition) is 0. The van der Waals surface area contributed by atoms with Gasteiger partial charge in [-0.2, -0.15) is 10.5 Å². The lowest BCUT2D eigenvalue weighted by Gasteiger charge is -2.14. The van der Waals surface area contributed by atoms with E-state index >= 15 is 0 Å². The second-order valence-electron chi connectivity index (χ2n) is 15.0. The first kappa shape index (κ1) is 34.2. The highest BCUT2D eigenvalue weighted by Crippen LogP contribution is 2.49. The lowest BCUT2D eigenvalue weighted by atomic mass is 10.0. The smallest absolute Gasteiger partial charge is 0.164 e. The molecule has 0 saturated carbocycles. The van der Waals surface area contributed by atoms with Crippen molar-refractivity contribution in [3.05, 3.63) is 187 Å². The molecule has 0 bridgehead atoms. The van der Waals surface area contributed by atoms with Gasteiger partial charge in [0.15, 0.2) is 17.5 Å². The minimum absolute atomic E-state index is 0.450. The van der Waals surface area contributed by atoms with Crippen molar-refractivity contribution in [3.63, 3.8) is 0 Å². The van der Waals surface area contributed by atoms with Gasteiger partial charge in [-0.05, 0) is 54.6 Å². The number of furan rings is 1. The second-order valence-corrected chi connectivity index (χ2v) is 15.0. The lowest BCUT2D eigenvalue weighted by molar-refractivity contribution is 0.673. The number of fused-ring (bicyclic) bond motifs is 12. The third-order valence-electron chi connectivity index (χ3n) is 11.6. The van der Waals surface area contributed by atoms with Crippen LogP contribution >= 0.6 is 0 Å². The molecule has 12 rings (SSSR count). The third kappa shape index (κ3) is 5.13. The molecule has 12 aromatic rings. The van der Waals surface area contributed by atoms with Crippen molar-refractivity contribution in [2.75, 3.05) is 0 Å². The molecular formula is C53H29N7O. The number of benzene rings is 8. The summed E-state index contributed by atoms with van der Waals surface area (Å²) in [7, 11) is 0. The van der Waals surface area contributed by atoms with Crippen LogP contribution in [0.2, 0.25) is 0 Å². The summed E-state index contributed by atoms with van der Waals surface area (Å²) < 4.78 is 11.4. The topological polar surface area (TPSA) is 109 Å². The molecule has 0 aliphatic heterocycles. The SMILES string of the molecule is N#Cc1cccc(-n2c3ccccc3c3c4c(c5ccccc5n4-c4ccc(-c5nc(-c6ccccc6)nc(-c6ccccc6)n5)cc4C#N)c4oc5ccccc5c4c32)c1. The van der Waals surface area contributed by atoms with Crippen LogP contribution in [-0.4, -0.2) is 24.1 Å². The molecule has 0 aliphatic carbocycles. The minimum Gasteiger partial charge on any atom is -0.455 e. The summed E-state index contributed by atoms with van der Waals surface area (Å²) in [5, 5.41) is 27.1. The van der Waals surface area contributed by atoms with Gasteiger partial charge in [0.1, 0.15) is 17.2 Å². The quantitative estimate of drug-likeness (QED) is 0.172. The molecule has 0 amide bonds. The van der Waals surface area contributed by atoms with E-state index in [1.807, 2.05) is 140 Å². The second kappa shape index (κ2) is 13.4. The largest absolute Gasteiger partial charge is 0.455 e. The summed E-state index contributed by atoms with van der Waals surface area (Å²) in [6, 6.07) is 63.0. The fourth-order valence-corrected chi connectivity index (χ4v) is 9.01. The maximum absolute atomic E-state index is 11.1. The summed E-state index contributed by atoms with van der Waals surface area (Å²) in [5.41, 5.74) is 10.3. The van der Waals surface area contributed by atoms with Gasteiger partial charge in [0.2, 0.25) is 0 Å². The van der Waals surface area contributed by atoms with E-state index < -0.39 is 0 Å². The van der Waals surface area contributed by atoms with E-state index in [0.717, 1.165) is 82.4 Å². The Morgan fingerprint density at radius 3 is 1.67 bits per heavy atom. The van der Waals surface area contributed by atoms with Crippen LogP contribution in [-0.2, 0) is 0 Å². The molecule has 0 aliphatic rings. The first-order chi connectivity index (χ1) is 30.2. The van der Waals surface area contributed by atoms with Crippen LogP contribution in [0.1, 0.15) is 11.1 Å². The fraction of sp³-hybridized carbons (Fsp3) is 0. The van der Waals surface area contributed by atoms with Gasteiger partial charge in [-0.1, -0.05) is 121 Å². The van der Waals surface area contributed by atoms with Crippen LogP contribution < -0.4 is 0 Å². The van der Waals surface area contributed by atoms with E-state index in [1.165, 1.54) is 0 Å². The van der Waals surface area contributed by atoms with Gasteiger partial charge in [0.05, 0.1) is 55.7 Å². The summed E-state index contributed by atoms with van der Waals surface area (Å²) in [4.78, 5) is 14.8. The Morgan fingerprint density at radius 2 is 1.00 bits per heavy atom. The maximum Gasteiger partial charge on any atom is 0.164 e. The standard InChI is InChI=1S/C53H29N7O/c54-30-32-14-13-19-37(28-32)59-42-23-10-7-20-38(42)45-48(59)47-40-22-9-12-25-44(40)61-50(47)46-39-21-8-11-24-43(39)60(49(45)46)41-27-26-35(29-36(41)31-55)53-57-51(33-15-3-1-4-16-33)56-52(58-53)34-17-5-2-6-18-34/h1-29H. The Labute approximate surface area is 348 Å². The first-order valence-corrected chi connectivity index (χ1v) is 19.9. The Bertz CT molecular complexity index is 3790. The van der Waals surface area contributed by atoms with Gasteiger partial charge in [0.25, 0.3) is 0 Å². The molecule has 0 radical (unpaired) electrons. The number of rotatable bonds is 5. The molecule has 61 heavy (non-hydrogen) atoms. The Hall–Kier alpha value is -8.85. The zero-order chi connectivity index (χ0) is 40.6. The van der Waals surface area contributed by atoms with Gasteiger partial charge >= 0.3 is 0 Å². The number of nitriles is 2. The van der Waals surface area contributed by atoms with Crippen molar-refractivity contribution in [2.24, 2.45) is 0 Å². The molecular weight excluding hydrogens is 751 g/mol. The molecule has 8 nitrogen and oxygen atoms in total. The number of aromatic nitrogens is 5. The van der Waals surface area contributed by atoms with Gasteiger partial charge < -0.3 is 13.6 Å². The van der Waals surface area contributed by atoms with Crippen LogP contribution in [0.3, 0.4) is 0 Å². The molecule has 0 saturated heterocycles. The molecule has 0 atom stereocenters. The first-order valence-electron chi connectivity index (χ1n) is 19.9. The van der Waals surface area contributed by atoms with E-state index in [4.69, 9.17) is 19.4 Å². The van der Waals surface area contributed by atoms with Crippen molar-refractivity contribution in [2.45, 2.75) is 0 Å².